The van der Waals surface area contributed by atoms with Gasteiger partial charge in [-0.1, -0.05) is 47.4 Å². The highest BCUT2D eigenvalue weighted by atomic mass is 32.2. The van der Waals surface area contributed by atoms with Crippen LogP contribution in [0.15, 0.2) is 73.9 Å². The van der Waals surface area contributed by atoms with Crippen LogP contribution in [0.3, 0.4) is 0 Å². The summed E-state index contributed by atoms with van der Waals surface area (Å²) in [4.78, 5) is 17.4. The number of nitrogens with one attached hydrogen (secondary N) is 1. The molecular formula is C20H15FN4O2S2. The van der Waals surface area contributed by atoms with E-state index in [2.05, 4.69) is 20.5 Å². The third kappa shape index (κ3) is 4.87. The van der Waals surface area contributed by atoms with Gasteiger partial charge in [0, 0.05) is 17.7 Å². The first-order valence-electron chi connectivity index (χ1n) is 8.71. The Balaban J connectivity index is 1.37. The highest BCUT2D eigenvalue weighted by Crippen LogP contribution is 2.34. The molecule has 4 aromatic rings. The van der Waals surface area contributed by atoms with Gasteiger partial charge in [-0.2, -0.15) is 0 Å². The number of carbonyl (C=O) groups excluding carboxylic acids is 1. The second kappa shape index (κ2) is 8.97. The monoisotopic (exact) mass is 426 g/mol. The lowest BCUT2D eigenvalue weighted by atomic mass is 10.2. The summed E-state index contributed by atoms with van der Waals surface area (Å²) in [5.41, 5.74) is 2.71. The van der Waals surface area contributed by atoms with Gasteiger partial charge in [-0.25, -0.2) is 9.37 Å². The Morgan fingerprint density at radius 3 is 2.83 bits per heavy atom. The van der Waals surface area contributed by atoms with Crippen molar-refractivity contribution in [3.05, 3.63) is 71.9 Å². The van der Waals surface area contributed by atoms with Crippen molar-refractivity contribution in [2.45, 2.75) is 22.1 Å². The van der Waals surface area contributed by atoms with Gasteiger partial charge in [-0.3, -0.25) is 4.79 Å². The van der Waals surface area contributed by atoms with E-state index in [0.717, 1.165) is 9.24 Å². The summed E-state index contributed by atoms with van der Waals surface area (Å²) >= 11 is 2.88. The van der Waals surface area contributed by atoms with E-state index in [1.165, 1.54) is 35.4 Å². The molecule has 0 aliphatic carbocycles. The Kier molecular flexibility index (Phi) is 5.97. The van der Waals surface area contributed by atoms with E-state index in [1.54, 1.807) is 23.7 Å². The Bertz CT molecular complexity index is 1120. The van der Waals surface area contributed by atoms with Gasteiger partial charge in [-0.15, -0.1) is 10.2 Å². The topological polar surface area (TPSA) is 80.9 Å². The summed E-state index contributed by atoms with van der Waals surface area (Å²) in [6.45, 7) is 0. The van der Waals surface area contributed by atoms with Gasteiger partial charge in [-0.05, 0) is 24.3 Å². The molecule has 0 aliphatic heterocycles. The lowest BCUT2D eigenvalue weighted by Gasteiger charge is -2.09. The van der Waals surface area contributed by atoms with Gasteiger partial charge >= 0.3 is 0 Å². The zero-order chi connectivity index (χ0) is 20.1. The van der Waals surface area contributed by atoms with Crippen LogP contribution in [0.2, 0.25) is 0 Å². The number of rotatable bonds is 7. The number of hydrogen-bond donors (Lipinski definition) is 1. The second-order valence-corrected chi connectivity index (χ2v) is 8.07. The predicted molar refractivity (Wildman–Crippen MR) is 109 cm³/mol. The summed E-state index contributed by atoms with van der Waals surface area (Å²) in [6.07, 6.45) is 1.97. The van der Waals surface area contributed by atoms with Gasteiger partial charge in [0.1, 0.15) is 11.3 Å². The molecule has 0 unspecified atom stereocenters. The normalized spacial score (nSPS) is 10.8. The van der Waals surface area contributed by atoms with Crippen molar-refractivity contribution in [3.8, 4) is 11.3 Å². The van der Waals surface area contributed by atoms with Crippen molar-refractivity contribution in [1.82, 2.24) is 15.2 Å². The average molecular weight is 426 g/mol. The molecule has 6 nitrogen and oxygen atoms in total. The van der Waals surface area contributed by atoms with Crippen LogP contribution in [0.1, 0.15) is 12.3 Å². The zero-order valence-electron chi connectivity index (χ0n) is 15.0. The molecule has 2 heterocycles. The maximum Gasteiger partial charge on any atom is 0.224 e. The first-order valence-corrected chi connectivity index (χ1v) is 10.4. The molecule has 0 aliphatic rings. The number of oxazole rings is 1. The number of hydrogen-bond acceptors (Lipinski definition) is 7. The number of anilines is 1. The van der Waals surface area contributed by atoms with Crippen LogP contribution in [-0.4, -0.2) is 21.1 Å². The maximum atomic E-state index is 13.9. The minimum Gasteiger partial charge on any atom is -0.441 e. The van der Waals surface area contributed by atoms with Crippen LogP contribution >= 0.6 is 23.1 Å². The van der Waals surface area contributed by atoms with Gasteiger partial charge in [0.05, 0.1) is 17.4 Å². The zero-order valence-corrected chi connectivity index (χ0v) is 16.7. The quantitative estimate of drug-likeness (QED) is 0.445. The number of para-hydroxylation sites is 1. The number of aryl methyl sites for hydroxylation is 1. The first-order chi connectivity index (χ1) is 14.2. The van der Waals surface area contributed by atoms with Gasteiger partial charge < -0.3 is 9.73 Å². The fourth-order valence-electron chi connectivity index (χ4n) is 2.60. The maximum absolute atomic E-state index is 13.9. The fourth-order valence-corrected chi connectivity index (χ4v) is 4.13. The average Bonchev–Trinajstić information content (AvgIpc) is 3.40. The predicted octanol–water partition coefficient (Wildman–Crippen LogP) is 5.05. The van der Waals surface area contributed by atoms with Crippen LogP contribution in [-0.2, 0) is 11.2 Å². The molecule has 1 N–H and O–H groups in total. The van der Waals surface area contributed by atoms with E-state index in [-0.39, 0.29) is 18.1 Å². The van der Waals surface area contributed by atoms with E-state index in [0.29, 0.717) is 29.3 Å². The number of aromatic nitrogens is 3. The number of amides is 1. The van der Waals surface area contributed by atoms with E-state index >= 15 is 0 Å². The number of nitrogens with zero attached hydrogens (tertiary/aromatic N) is 3. The Labute approximate surface area is 174 Å². The standard InChI is InChI=1S/C20H15FN4O2S2/c21-14-6-2-1-5-13(14)16-11-22-19(27-16)10-9-18(26)24-15-7-3-4-8-17(15)29-20-25-23-12-28-20/h1-8,11-12H,9-10H2,(H,24,26). The molecule has 29 heavy (non-hydrogen) atoms. The Hall–Kier alpha value is -3.04. The summed E-state index contributed by atoms with van der Waals surface area (Å²) in [6, 6.07) is 13.8. The van der Waals surface area contributed by atoms with Gasteiger partial charge in [0.25, 0.3) is 0 Å². The molecule has 9 heteroatoms. The Morgan fingerprint density at radius 2 is 2.00 bits per heavy atom. The van der Waals surface area contributed by atoms with Crippen LogP contribution in [0.5, 0.6) is 0 Å². The summed E-state index contributed by atoms with van der Waals surface area (Å²) < 4.78 is 20.2. The van der Waals surface area contributed by atoms with Crippen molar-refractivity contribution in [3.63, 3.8) is 0 Å². The molecule has 2 aromatic carbocycles. The number of halogens is 1. The fraction of sp³-hybridized carbons (Fsp3) is 0.100. The van der Waals surface area contributed by atoms with Crippen molar-refractivity contribution >= 4 is 34.7 Å². The molecular weight excluding hydrogens is 411 g/mol. The van der Waals surface area contributed by atoms with E-state index in [4.69, 9.17) is 4.42 Å². The third-order valence-electron chi connectivity index (χ3n) is 3.96. The smallest absolute Gasteiger partial charge is 0.224 e. The van der Waals surface area contributed by atoms with Crippen LogP contribution in [0, 0.1) is 5.82 Å². The summed E-state index contributed by atoms with van der Waals surface area (Å²) in [7, 11) is 0. The molecule has 0 saturated carbocycles. The molecule has 0 radical (unpaired) electrons. The minimum absolute atomic E-state index is 0.166. The molecule has 0 bridgehead atoms. The Morgan fingerprint density at radius 1 is 1.17 bits per heavy atom. The largest absolute Gasteiger partial charge is 0.441 e. The lowest BCUT2D eigenvalue weighted by molar-refractivity contribution is -0.116. The van der Waals surface area contributed by atoms with E-state index < -0.39 is 0 Å². The highest BCUT2D eigenvalue weighted by Gasteiger charge is 2.13. The molecule has 0 spiro atoms. The lowest BCUT2D eigenvalue weighted by Crippen LogP contribution is -2.13. The van der Waals surface area contributed by atoms with Crippen molar-refractivity contribution < 1.29 is 13.6 Å². The first kappa shape index (κ1) is 19.3. The molecule has 0 atom stereocenters. The summed E-state index contributed by atoms with van der Waals surface area (Å²) in [5.74, 6) is 0.186. The molecule has 4 rings (SSSR count). The van der Waals surface area contributed by atoms with Crippen LogP contribution in [0.25, 0.3) is 11.3 Å². The molecule has 146 valence electrons. The number of carbonyl (C=O) groups is 1. The van der Waals surface area contributed by atoms with Gasteiger partial charge in [0.2, 0.25) is 5.91 Å². The van der Waals surface area contributed by atoms with E-state index in [1.807, 2.05) is 24.3 Å². The summed E-state index contributed by atoms with van der Waals surface area (Å²) in [5, 5.41) is 10.7. The third-order valence-corrected chi connectivity index (χ3v) is 5.81. The van der Waals surface area contributed by atoms with Gasteiger partial charge in [0.15, 0.2) is 16.0 Å². The second-order valence-electron chi connectivity index (χ2n) is 5.95. The van der Waals surface area contributed by atoms with Crippen molar-refractivity contribution in [1.29, 1.82) is 0 Å². The van der Waals surface area contributed by atoms with E-state index in [9.17, 15) is 9.18 Å². The molecule has 0 saturated heterocycles. The van der Waals surface area contributed by atoms with Crippen LogP contribution < -0.4 is 5.32 Å². The molecule has 0 fully saturated rings. The molecule has 2 aromatic heterocycles. The molecule has 1 amide bonds. The van der Waals surface area contributed by atoms with Crippen molar-refractivity contribution in [2.24, 2.45) is 0 Å². The highest BCUT2D eigenvalue weighted by molar-refractivity contribution is 8.01. The van der Waals surface area contributed by atoms with Crippen LogP contribution in [0.4, 0.5) is 10.1 Å². The minimum atomic E-state index is -0.377. The number of benzene rings is 2. The van der Waals surface area contributed by atoms with Crippen molar-refractivity contribution in [2.75, 3.05) is 5.32 Å². The SMILES string of the molecule is O=C(CCc1ncc(-c2ccccc2F)o1)Nc1ccccc1Sc1nncs1.